The molecule has 2 fully saturated rings. The Labute approximate surface area is 187 Å². The zero-order valence-electron chi connectivity index (χ0n) is 18.0. The lowest BCUT2D eigenvalue weighted by Crippen LogP contribution is -2.37. The maximum absolute atomic E-state index is 5.53. The lowest BCUT2D eigenvalue weighted by Gasteiger charge is -2.34. The van der Waals surface area contributed by atoms with Crippen molar-refractivity contribution in [3.05, 3.63) is 35.0 Å². The maximum Gasteiger partial charge on any atom is 0.146 e. The molecule has 0 spiro atoms. The molecule has 0 saturated carbocycles. The number of aryl methyl sites for hydroxylation is 2. The summed E-state index contributed by atoms with van der Waals surface area (Å²) in [6.07, 6.45) is 13.2. The molecule has 0 unspecified atom stereocenters. The number of hydrogen-bond donors (Lipinski definition) is 0. The van der Waals surface area contributed by atoms with Gasteiger partial charge in [0.15, 0.2) is 0 Å². The van der Waals surface area contributed by atoms with Crippen molar-refractivity contribution >= 4 is 27.4 Å². The van der Waals surface area contributed by atoms with Crippen LogP contribution in [-0.2, 0) is 24.1 Å². The fraction of sp³-hybridized carbons (Fsp3) is 0.609. The molecular weight excluding hydrogens is 408 g/mol. The van der Waals surface area contributed by atoms with Crippen LogP contribution in [0.3, 0.4) is 0 Å². The van der Waals surface area contributed by atoms with Crippen LogP contribution in [0.5, 0.6) is 0 Å². The minimum atomic E-state index is 0.542. The maximum atomic E-state index is 5.53. The quantitative estimate of drug-likeness (QED) is 0.622. The van der Waals surface area contributed by atoms with Crippen LogP contribution in [0, 0.1) is 0 Å². The smallest absolute Gasteiger partial charge is 0.146 e. The van der Waals surface area contributed by atoms with Crippen molar-refractivity contribution < 1.29 is 4.74 Å². The van der Waals surface area contributed by atoms with Crippen molar-refractivity contribution in [3.8, 4) is 0 Å². The van der Waals surface area contributed by atoms with E-state index in [2.05, 4.69) is 25.5 Å². The SMILES string of the molecule is c1cn(C2CCN(c3nc(CN4CCOCC4)nc4sc5c(c34)CCCC5)CC2)cn1. The van der Waals surface area contributed by atoms with E-state index in [0.29, 0.717) is 6.04 Å². The molecule has 2 aliphatic heterocycles. The topological polar surface area (TPSA) is 59.3 Å². The van der Waals surface area contributed by atoms with E-state index in [1.807, 2.05) is 23.9 Å². The van der Waals surface area contributed by atoms with Crippen molar-refractivity contribution in [2.45, 2.75) is 51.1 Å². The Bertz CT molecular complexity index is 1030. The summed E-state index contributed by atoms with van der Waals surface area (Å²) in [7, 11) is 0. The van der Waals surface area contributed by atoms with E-state index in [0.717, 1.165) is 64.6 Å². The zero-order valence-corrected chi connectivity index (χ0v) is 18.8. The first-order valence-electron chi connectivity index (χ1n) is 11.7. The van der Waals surface area contributed by atoms with Crippen LogP contribution < -0.4 is 4.90 Å². The third-order valence-corrected chi connectivity index (χ3v) is 8.21. The average molecular weight is 439 g/mol. The number of anilines is 1. The highest BCUT2D eigenvalue weighted by molar-refractivity contribution is 7.19. The molecule has 3 aromatic heterocycles. The van der Waals surface area contributed by atoms with Gasteiger partial charge in [-0.05, 0) is 44.1 Å². The first-order valence-corrected chi connectivity index (χ1v) is 12.5. The van der Waals surface area contributed by atoms with E-state index < -0.39 is 0 Å². The van der Waals surface area contributed by atoms with Crippen LogP contribution in [0.2, 0.25) is 0 Å². The Morgan fingerprint density at radius 1 is 1.03 bits per heavy atom. The highest BCUT2D eigenvalue weighted by Gasteiger charge is 2.27. The van der Waals surface area contributed by atoms with Crippen LogP contribution in [-0.4, -0.2) is 63.8 Å². The van der Waals surface area contributed by atoms with Crippen LogP contribution in [0.1, 0.15) is 48.0 Å². The van der Waals surface area contributed by atoms with Crippen molar-refractivity contribution in [2.24, 2.45) is 0 Å². The Morgan fingerprint density at radius 2 is 1.87 bits per heavy atom. The summed E-state index contributed by atoms with van der Waals surface area (Å²) in [5.41, 5.74) is 1.54. The molecule has 3 aliphatic rings. The van der Waals surface area contributed by atoms with Gasteiger partial charge in [0.25, 0.3) is 0 Å². The highest BCUT2D eigenvalue weighted by Crippen LogP contribution is 2.41. The third kappa shape index (κ3) is 3.85. The minimum Gasteiger partial charge on any atom is -0.379 e. The second-order valence-corrected chi connectivity index (χ2v) is 10.1. The molecule has 0 aromatic carbocycles. The Balaban J connectivity index is 1.33. The molecule has 0 N–H and O–H groups in total. The van der Waals surface area contributed by atoms with E-state index >= 15 is 0 Å². The van der Waals surface area contributed by atoms with E-state index in [1.54, 1.807) is 4.88 Å². The number of aromatic nitrogens is 4. The summed E-state index contributed by atoms with van der Waals surface area (Å²) in [6, 6.07) is 0.542. The van der Waals surface area contributed by atoms with Crippen LogP contribution in [0.15, 0.2) is 18.7 Å². The molecule has 3 aromatic rings. The van der Waals surface area contributed by atoms with Gasteiger partial charge in [-0.25, -0.2) is 15.0 Å². The summed E-state index contributed by atoms with van der Waals surface area (Å²) < 4.78 is 7.79. The van der Waals surface area contributed by atoms with E-state index in [-0.39, 0.29) is 0 Å². The molecule has 6 rings (SSSR count). The number of piperidine rings is 1. The lowest BCUT2D eigenvalue weighted by atomic mass is 9.96. The monoisotopic (exact) mass is 438 g/mol. The number of ether oxygens (including phenoxy) is 1. The van der Waals surface area contributed by atoms with Gasteiger partial charge in [-0.1, -0.05) is 0 Å². The van der Waals surface area contributed by atoms with Gasteiger partial charge in [-0.15, -0.1) is 11.3 Å². The summed E-state index contributed by atoms with van der Waals surface area (Å²) in [6.45, 7) is 6.45. The van der Waals surface area contributed by atoms with Gasteiger partial charge in [0.1, 0.15) is 16.5 Å². The van der Waals surface area contributed by atoms with Gasteiger partial charge in [-0.2, -0.15) is 0 Å². The predicted octanol–water partition coefficient (Wildman–Crippen LogP) is 3.44. The van der Waals surface area contributed by atoms with E-state index in [4.69, 9.17) is 14.7 Å². The van der Waals surface area contributed by atoms with Crippen molar-refractivity contribution in [1.82, 2.24) is 24.4 Å². The lowest BCUT2D eigenvalue weighted by molar-refractivity contribution is 0.0331. The van der Waals surface area contributed by atoms with Crippen LogP contribution in [0.25, 0.3) is 10.2 Å². The molecule has 5 heterocycles. The number of fused-ring (bicyclic) bond motifs is 3. The molecule has 0 amide bonds. The van der Waals surface area contributed by atoms with Gasteiger partial charge >= 0.3 is 0 Å². The summed E-state index contributed by atoms with van der Waals surface area (Å²) in [5.74, 6) is 2.16. The molecule has 31 heavy (non-hydrogen) atoms. The Kier molecular flexibility index (Phi) is 5.37. The predicted molar refractivity (Wildman–Crippen MR) is 123 cm³/mol. The van der Waals surface area contributed by atoms with E-state index in [9.17, 15) is 0 Å². The van der Waals surface area contributed by atoms with Gasteiger partial charge in [-0.3, -0.25) is 4.90 Å². The third-order valence-electron chi connectivity index (χ3n) is 7.02. The number of imidazole rings is 1. The normalized spacial score (nSPS) is 21.0. The first-order chi connectivity index (χ1) is 15.3. The molecule has 2 saturated heterocycles. The summed E-state index contributed by atoms with van der Waals surface area (Å²) >= 11 is 1.92. The molecule has 8 heteroatoms. The van der Waals surface area contributed by atoms with Crippen molar-refractivity contribution in [2.75, 3.05) is 44.3 Å². The largest absolute Gasteiger partial charge is 0.379 e. The Hall–Kier alpha value is -2.03. The van der Waals surface area contributed by atoms with Crippen molar-refractivity contribution in [1.29, 1.82) is 0 Å². The standard InChI is InChI=1S/C23H30N6OS/c1-2-4-19-18(3-1)21-22(28-8-5-17(6-9-28)29-10-7-24-16-29)25-20(26-23(21)31-19)15-27-11-13-30-14-12-27/h7,10,16-17H,1-6,8-9,11-15H2. The van der Waals surface area contributed by atoms with Crippen molar-refractivity contribution in [3.63, 3.8) is 0 Å². The number of thiophene rings is 1. The molecule has 0 bridgehead atoms. The molecule has 0 atom stereocenters. The average Bonchev–Trinajstić information content (AvgIpc) is 3.47. The van der Waals surface area contributed by atoms with Gasteiger partial charge < -0.3 is 14.2 Å². The number of hydrogen-bond acceptors (Lipinski definition) is 7. The second kappa shape index (κ2) is 8.48. The van der Waals surface area contributed by atoms with E-state index in [1.165, 1.54) is 47.3 Å². The molecule has 164 valence electrons. The minimum absolute atomic E-state index is 0.542. The molecule has 1 aliphatic carbocycles. The zero-order chi connectivity index (χ0) is 20.6. The second-order valence-electron chi connectivity index (χ2n) is 8.97. The van der Waals surface area contributed by atoms with Gasteiger partial charge in [0, 0.05) is 49.5 Å². The molecule has 7 nitrogen and oxygen atoms in total. The van der Waals surface area contributed by atoms with Crippen LogP contribution in [0.4, 0.5) is 5.82 Å². The fourth-order valence-electron chi connectivity index (χ4n) is 5.30. The summed E-state index contributed by atoms with van der Waals surface area (Å²) in [5, 5.41) is 1.35. The Morgan fingerprint density at radius 3 is 2.68 bits per heavy atom. The number of nitrogens with zero attached hydrogens (tertiary/aromatic N) is 6. The number of rotatable bonds is 4. The molecular formula is C23H30N6OS. The summed E-state index contributed by atoms with van der Waals surface area (Å²) in [4.78, 5) is 22.2. The van der Waals surface area contributed by atoms with Crippen LogP contribution >= 0.6 is 11.3 Å². The highest BCUT2D eigenvalue weighted by atomic mass is 32.1. The van der Waals surface area contributed by atoms with Gasteiger partial charge in [0.05, 0.1) is 31.5 Å². The fourth-order valence-corrected chi connectivity index (χ4v) is 6.58. The first kappa shape index (κ1) is 19.6. The number of morpholine rings is 1. The molecule has 0 radical (unpaired) electrons. The van der Waals surface area contributed by atoms with Gasteiger partial charge in [0.2, 0.25) is 0 Å².